The van der Waals surface area contributed by atoms with E-state index in [9.17, 15) is 0 Å². The van der Waals surface area contributed by atoms with E-state index in [4.69, 9.17) is 30.0 Å². The third-order valence-electron chi connectivity index (χ3n) is 0. The first kappa shape index (κ1) is 29.2. The molecule has 0 saturated heterocycles. The topological polar surface area (TPSA) is 126 Å². The van der Waals surface area contributed by atoms with Gasteiger partial charge in [0.2, 0.25) is 0 Å². The largest absolute Gasteiger partial charge is 2.00 e. The van der Waals surface area contributed by atoms with E-state index in [1.54, 1.807) is 0 Å². The van der Waals surface area contributed by atoms with E-state index in [1.165, 1.54) is 0 Å². The van der Waals surface area contributed by atoms with Gasteiger partial charge >= 0.3 is 126 Å². The fourth-order valence-corrected chi connectivity index (χ4v) is 0. The standard InChI is InChI=1S/2CH2O3.2K.Mg/c2*2-1(3)4;;;/h2*(H2,2,3,4);;;/q;;2*+1;+2/p-4. The summed E-state index contributed by atoms with van der Waals surface area (Å²) in [5.74, 6) is 0. The van der Waals surface area contributed by atoms with Crippen LogP contribution in [-0.4, -0.2) is 35.4 Å². The SMILES string of the molecule is O=C([O-])[O-].O=C([O-])[O-].[K+].[K+].[Mg+2]. The molecule has 0 radical (unpaired) electrons. The zero-order valence-corrected chi connectivity index (χ0v) is 13.8. The molecule has 0 spiro atoms. The van der Waals surface area contributed by atoms with Gasteiger partial charge < -0.3 is 30.0 Å². The van der Waals surface area contributed by atoms with E-state index in [0.29, 0.717) is 0 Å². The summed E-state index contributed by atoms with van der Waals surface area (Å²) in [5, 5.41) is 33.3. The fourth-order valence-electron chi connectivity index (χ4n) is 0. The molecule has 0 saturated carbocycles. The van der Waals surface area contributed by atoms with Gasteiger partial charge in [-0.25, -0.2) is 0 Å². The van der Waals surface area contributed by atoms with Crippen LogP contribution in [-0.2, 0) is 0 Å². The summed E-state index contributed by atoms with van der Waals surface area (Å²) in [5.41, 5.74) is 0. The zero-order valence-electron chi connectivity index (χ0n) is 6.16. The molecule has 0 aromatic carbocycles. The van der Waals surface area contributed by atoms with Gasteiger partial charge in [0, 0.05) is 0 Å². The molecule has 0 aliphatic heterocycles. The van der Waals surface area contributed by atoms with E-state index in [2.05, 4.69) is 0 Å². The van der Waals surface area contributed by atoms with Crippen molar-refractivity contribution in [3.05, 3.63) is 0 Å². The van der Waals surface area contributed by atoms with Gasteiger partial charge in [0.05, 0.1) is 0 Å². The molecule has 0 heterocycles. The Balaban J connectivity index is -0.0000000171. The summed E-state index contributed by atoms with van der Waals surface area (Å²) in [6.45, 7) is 0. The molecule has 9 heteroatoms. The molecule has 0 aliphatic carbocycles. The molecule has 0 atom stereocenters. The molecule has 0 aromatic rings. The molecule has 0 unspecified atom stereocenters. The van der Waals surface area contributed by atoms with E-state index < -0.39 is 12.3 Å². The van der Waals surface area contributed by atoms with E-state index in [0.717, 1.165) is 0 Å². The van der Waals surface area contributed by atoms with Crippen LogP contribution in [0.5, 0.6) is 0 Å². The van der Waals surface area contributed by atoms with Gasteiger partial charge in [0.1, 0.15) is 0 Å². The van der Waals surface area contributed by atoms with Gasteiger partial charge in [-0.15, -0.1) is 0 Å². The zero-order chi connectivity index (χ0) is 7.15. The molecule has 11 heavy (non-hydrogen) atoms. The van der Waals surface area contributed by atoms with Crippen LogP contribution >= 0.6 is 0 Å². The normalized spacial score (nSPS) is 4.36. The number of rotatable bonds is 0. The van der Waals surface area contributed by atoms with Crippen LogP contribution in [0.25, 0.3) is 0 Å². The third-order valence-corrected chi connectivity index (χ3v) is 0. The summed E-state index contributed by atoms with van der Waals surface area (Å²) in [6.07, 6.45) is -4.67. The molecular formula is C2K2MgO6. The Morgan fingerprint density at radius 1 is 0.727 bits per heavy atom. The van der Waals surface area contributed by atoms with Crippen LogP contribution in [0, 0.1) is 0 Å². The second-order valence-electron chi connectivity index (χ2n) is 0.500. The van der Waals surface area contributed by atoms with Crippen LogP contribution in [0.1, 0.15) is 0 Å². The van der Waals surface area contributed by atoms with Gasteiger partial charge in [-0.05, 0) is 12.3 Å². The molecule has 0 fully saturated rings. The number of carbonyl (C=O) groups is 2. The predicted molar refractivity (Wildman–Crippen MR) is 16.5 cm³/mol. The van der Waals surface area contributed by atoms with Gasteiger partial charge in [-0.3, -0.25) is 0 Å². The van der Waals surface area contributed by atoms with Crippen LogP contribution in [0.4, 0.5) is 9.59 Å². The quantitative estimate of drug-likeness (QED) is 0.375. The fraction of sp³-hybridized carbons (Fsp3) is 0. The van der Waals surface area contributed by atoms with Gasteiger partial charge in [0.15, 0.2) is 0 Å². The molecule has 0 N–H and O–H groups in total. The minimum Gasteiger partial charge on any atom is -0.652 e. The Morgan fingerprint density at radius 3 is 0.727 bits per heavy atom. The summed E-state index contributed by atoms with van der Waals surface area (Å²) >= 11 is 0. The van der Waals surface area contributed by atoms with E-state index >= 15 is 0 Å². The average molecular weight is 223 g/mol. The number of hydrogen-bond donors (Lipinski definition) is 0. The van der Waals surface area contributed by atoms with Crippen molar-refractivity contribution in [1.82, 2.24) is 0 Å². The first-order valence-electron chi connectivity index (χ1n) is 1.22. The van der Waals surface area contributed by atoms with Crippen molar-refractivity contribution in [2.75, 3.05) is 0 Å². The molecule has 48 valence electrons. The Hall–Kier alpha value is 2.58. The minimum atomic E-state index is -2.33. The Kier molecular flexibility index (Phi) is 60.8. The van der Waals surface area contributed by atoms with Crippen LogP contribution in [0.2, 0.25) is 0 Å². The van der Waals surface area contributed by atoms with Crippen molar-refractivity contribution >= 4 is 35.4 Å². The summed E-state index contributed by atoms with van der Waals surface area (Å²) in [7, 11) is 0. The van der Waals surface area contributed by atoms with Crippen LogP contribution < -0.4 is 123 Å². The molecule has 0 aromatic heterocycles. The van der Waals surface area contributed by atoms with Crippen molar-refractivity contribution in [1.29, 1.82) is 0 Å². The molecule has 0 bridgehead atoms. The molecular weight excluding hydrogens is 223 g/mol. The number of carbonyl (C=O) groups excluding carboxylic acids is 2. The molecule has 0 aliphatic rings. The number of carboxylic acid groups (broad SMARTS) is 4. The maximum absolute atomic E-state index is 8.33. The Morgan fingerprint density at radius 2 is 0.727 bits per heavy atom. The first-order chi connectivity index (χ1) is 3.46. The van der Waals surface area contributed by atoms with Crippen molar-refractivity contribution < 1.29 is 133 Å². The van der Waals surface area contributed by atoms with Crippen LogP contribution in [0.15, 0.2) is 0 Å². The van der Waals surface area contributed by atoms with Gasteiger partial charge in [0.25, 0.3) is 0 Å². The first-order valence-corrected chi connectivity index (χ1v) is 1.22. The molecule has 0 amide bonds. The predicted octanol–water partition coefficient (Wildman–Crippen LogP) is -11.3. The number of hydrogen-bond acceptors (Lipinski definition) is 6. The van der Waals surface area contributed by atoms with E-state index in [1.807, 2.05) is 0 Å². The summed E-state index contributed by atoms with van der Waals surface area (Å²) < 4.78 is 0. The van der Waals surface area contributed by atoms with Gasteiger partial charge in [-0.2, -0.15) is 0 Å². The van der Waals surface area contributed by atoms with Crippen molar-refractivity contribution in [3.8, 4) is 0 Å². The maximum atomic E-state index is 8.33. The minimum absolute atomic E-state index is 0. The smallest absolute Gasteiger partial charge is 0.652 e. The van der Waals surface area contributed by atoms with Crippen molar-refractivity contribution in [2.24, 2.45) is 0 Å². The maximum Gasteiger partial charge on any atom is 2.00 e. The van der Waals surface area contributed by atoms with Crippen LogP contribution in [0.3, 0.4) is 0 Å². The molecule has 0 rings (SSSR count). The van der Waals surface area contributed by atoms with E-state index in [-0.39, 0.29) is 126 Å². The van der Waals surface area contributed by atoms with Crippen molar-refractivity contribution in [2.45, 2.75) is 0 Å². The summed E-state index contributed by atoms with van der Waals surface area (Å²) in [4.78, 5) is 16.7. The Bertz CT molecular complexity index is 76.6. The average Bonchev–Trinajstić information content (AvgIpc) is 1.25. The van der Waals surface area contributed by atoms with Crippen molar-refractivity contribution in [3.63, 3.8) is 0 Å². The monoisotopic (exact) mass is 222 g/mol. The molecule has 6 nitrogen and oxygen atoms in total. The Labute approximate surface area is 164 Å². The van der Waals surface area contributed by atoms with Gasteiger partial charge in [-0.1, -0.05) is 0 Å². The summed E-state index contributed by atoms with van der Waals surface area (Å²) in [6, 6.07) is 0. The second-order valence-corrected chi connectivity index (χ2v) is 0.500. The third kappa shape index (κ3) is 212. The second kappa shape index (κ2) is 22.9.